The molecule has 2 heteroatoms. The average Bonchev–Trinajstić information content (AvgIpc) is 1.68. The van der Waals surface area contributed by atoms with Gasteiger partial charge in [-0.15, -0.1) is 11.6 Å². The standard InChI is InChI=1S/C6H11ClO/c1-3-8-6(2)4-5-7/h3,6H,1,4-5H2,2H3. The predicted molar refractivity (Wildman–Crippen MR) is 36.1 cm³/mol. The molecule has 0 aliphatic heterocycles. The molecule has 0 amide bonds. The highest BCUT2D eigenvalue weighted by molar-refractivity contribution is 6.17. The largest absolute Gasteiger partial charge is 0.499 e. The van der Waals surface area contributed by atoms with Crippen molar-refractivity contribution in [2.75, 3.05) is 5.88 Å². The molecule has 0 spiro atoms. The van der Waals surface area contributed by atoms with Crippen LogP contribution in [0.3, 0.4) is 0 Å². The fraction of sp³-hybridized carbons (Fsp3) is 0.667. The Hall–Kier alpha value is -0.170. The van der Waals surface area contributed by atoms with Gasteiger partial charge < -0.3 is 4.74 Å². The molecule has 0 heterocycles. The van der Waals surface area contributed by atoms with Crippen molar-refractivity contribution in [3.05, 3.63) is 12.8 Å². The minimum atomic E-state index is 0.213. The highest BCUT2D eigenvalue weighted by atomic mass is 35.5. The molecule has 0 aromatic heterocycles. The Morgan fingerprint density at radius 2 is 2.50 bits per heavy atom. The first-order valence-corrected chi connectivity index (χ1v) is 3.17. The van der Waals surface area contributed by atoms with Gasteiger partial charge in [-0.25, -0.2) is 0 Å². The fourth-order valence-electron chi connectivity index (χ4n) is 0.386. The van der Waals surface area contributed by atoms with E-state index in [9.17, 15) is 0 Å². The third kappa shape index (κ3) is 4.00. The summed E-state index contributed by atoms with van der Waals surface area (Å²) in [7, 11) is 0. The summed E-state index contributed by atoms with van der Waals surface area (Å²) in [4.78, 5) is 0. The summed E-state index contributed by atoms with van der Waals surface area (Å²) in [5.74, 6) is 0.648. The van der Waals surface area contributed by atoms with E-state index in [4.69, 9.17) is 16.3 Å². The Morgan fingerprint density at radius 1 is 1.88 bits per heavy atom. The van der Waals surface area contributed by atoms with Gasteiger partial charge in [-0.1, -0.05) is 6.58 Å². The Balaban J connectivity index is 3.03. The molecule has 0 fully saturated rings. The van der Waals surface area contributed by atoms with Crippen LogP contribution in [0.25, 0.3) is 0 Å². The fourth-order valence-corrected chi connectivity index (χ4v) is 0.693. The van der Waals surface area contributed by atoms with E-state index < -0.39 is 0 Å². The third-order valence-electron chi connectivity index (χ3n) is 0.844. The van der Waals surface area contributed by atoms with E-state index in [0.717, 1.165) is 6.42 Å². The molecule has 8 heavy (non-hydrogen) atoms. The van der Waals surface area contributed by atoms with Crippen LogP contribution >= 0.6 is 11.6 Å². The van der Waals surface area contributed by atoms with Gasteiger partial charge in [0.05, 0.1) is 12.4 Å². The number of rotatable bonds is 4. The summed E-state index contributed by atoms with van der Waals surface area (Å²) < 4.78 is 4.96. The molecule has 0 aliphatic rings. The summed E-state index contributed by atoms with van der Waals surface area (Å²) >= 11 is 5.42. The lowest BCUT2D eigenvalue weighted by Gasteiger charge is -2.06. The van der Waals surface area contributed by atoms with Crippen LogP contribution in [0.4, 0.5) is 0 Å². The van der Waals surface area contributed by atoms with Crippen molar-refractivity contribution >= 4 is 11.6 Å². The molecule has 0 saturated heterocycles. The highest BCUT2D eigenvalue weighted by Crippen LogP contribution is 1.97. The quantitative estimate of drug-likeness (QED) is 0.423. The number of halogens is 1. The van der Waals surface area contributed by atoms with Crippen molar-refractivity contribution in [1.29, 1.82) is 0 Å². The Bertz CT molecular complexity index is 63.5. The normalized spacial score (nSPS) is 12.8. The van der Waals surface area contributed by atoms with E-state index in [2.05, 4.69) is 6.58 Å². The van der Waals surface area contributed by atoms with Crippen molar-refractivity contribution in [2.24, 2.45) is 0 Å². The average molecular weight is 135 g/mol. The van der Waals surface area contributed by atoms with E-state index in [1.54, 1.807) is 0 Å². The Kier molecular flexibility index (Phi) is 4.87. The first kappa shape index (κ1) is 7.83. The van der Waals surface area contributed by atoms with Crippen molar-refractivity contribution in [3.63, 3.8) is 0 Å². The maximum absolute atomic E-state index is 5.42. The first-order chi connectivity index (χ1) is 3.81. The first-order valence-electron chi connectivity index (χ1n) is 2.63. The van der Waals surface area contributed by atoms with Gasteiger partial charge in [-0.05, 0) is 13.3 Å². The molecule has 0 saturated carbocycles. The molecule has 48 valence electrons. The molecular weight excluding hydrogens is 124 g/mol. The molecular formula is C6H11ClO. The summed E-state index contributed by atoms with van der Waals surface area (Å²) in [5, 5.41) is 0. The summed E-state index contributed by atoms with van der Waals surface area (Å²) in [6.45, 7) is 5.38. The molecule has 1 unspecified atom stereocenters. The van der Waals surface area contributed by atoms with Gasteiger partial charge in [0.15, 0.2) is 0 Å². The van der Waals surface area contributed by atoms with Gasteiger partial charge in [-0.3, -0.25) is 0 Å². The molecule has 0 N–H and O–H groups in total. The minimum Gasteiger partial charge on any atom is -0.499 e. The number of ether oxygens (including phenoxy) is 1. The van der Waals surface area contributed by atoms with Crippen LogP contribution in [0.5, 0.6) is 0 Å². The van der Waals surface area contributed by atoms with Crippen molar-refractivity contribution in [1.82, 2.24) is 0 Å². The summed E-state index contributed by atoms with van der Waals surface area (Å²) in [6, 6.07) is 0. The van der Waals surface area contributed by atoms with Crippen LogP contribution in [0.15, 0.2) is 12.8 Å². The van der Waals surface area contributed by atoms with E-state index >= 15 is 0 Å². The molecule has 1 atom stereocenters. The Labute approximate surface area is 55.3 Å². The van der Waals surface area contributed by atoms with Gasteiger partial charge in [0.2, 0.25) is 0 Å². The zero-order valence-electron chi connectivity index (χ0n) is 5.06. The summed E-state index contributed by atoms with van der Waals surface area (Å²) in [5.41, 5.74) is 0. The van der Waals surface area contributed by atoms with E-state index in [1.165, 1.54) is 6.26 Å². The maximum atomic E-state index is 5.42. The SMILES string of the molecule is C=COC(C)CCCl. The number of hydrogen-bond donors (Lipinski definition) is 0. The second-order valence-corrected chi connectivity index (χ2v) is 1.97. The highest BCUT2D eigenvalue weighted by Gasteiger charge is 1.95. The Morgan fingerprint density at radius 3 is 2.88 bits per heavy atom. The molecule has 0 aromatic carbocycles. The second-order valence-electron chi connectivity index (χ2n) is 1.59. The zero-order chi connectivity index (χ0) is 6.41. The van der Waals surface area contributed by atoms with Gasteiger partial charge in [-0.2, -0.15) is 0 Å². The van der Waals surface area contributed by atoms with E-state index in [-0.39, 0.29) is 6.10 Å². The molecule has 0 aliphatic carbocycles. The lowest BCUT2D eigenvalue weighted by molar-refractivity contribution is 0.160. The van der Waals surface area contributed by atoms with Crippen LogP contribution in [-0.2, 0) is 4.74 Å². The van der Waals surface area contributed by atoms with Crippen molar-refractivity contribution in [3.8, 4) is 0 Å². The van der Waals surface area contributed by atoms with Crippen LogP contribution in [0.1, 0.15) is 13.3 Å². The monoisotopic (exact) mass is 134 g/mol. The maximum Gasteiger partial charge on any atom is 0.0961 e. The van der Waals surface area contributed by atoms with Gasteiger partial charge in [0.1, 0.15) is 0 Å². The molecule has 1 nitrogen and oxygen atoms in total. The zero-order valence-corrected chi connectivity index (χ0v) is 5.82. The smallest absolute Gasteiger partial charge is 0.0961 e. The van der Waals surface area contributed by atoms with Crippen LogP contribution < -0.4 is 0 Å². The van der Waals surface area contributed by atoms with Crippen LogP contribution in [0.2, 0.25) is 0 Å². The predicted octanol–water partition coefficient (Wildman–Crippen LogP) is 2.16. The third-order valence-corrected chi connectivity index (χ3v) is 1.06. The number of alkyl halides is 1. The van der Waals surface area contributed by atoms with E-state index in [0.29, 0.717) is 5.88 Å². The topological polar surface area (TPSA) is 9.23 Å². The molecule has 0 radical (unpaired) electrons. The lowest BCUT2D eigenvalue weighted by Crippen LogP contribution is -2.03. The van der Waals surface area contributed by atoms with Crippen LogP contribution in [-0.4, -0.2) is 12.0 Å². The van der Waals surface area contributed by atoms with E-state index in [1.807, 2.05) is 6.92 Å². The molecule has 0 bridgehead atoms. The lowest BCUT2D eigenvalue weighted by atomic mass is 10.3. The number of hydrogen-bond acceptors (Lipinski definition) is 1. The van der Waals surface area contributed by atoms with Gasteiger partial charge >= 0.3 is 0 Å². The van der Waals surface area contributed by atoms with Gasteiger partial charge in [0.25, 0.3) is 0 Å². The minimum absolute atomic E-state index is 0.213. The van der Waals surface area contributed by atoms with Crippen LogP contribution in [0, 0.1) is 0 Å². The molecule has 0 rings (SSSR count). The van der Waals surface area contributed by atoms with Crippen molar-refractivity contribution < 1.29 is 4.74 Å². The van der Waals surface area contributed by atoms with Crippen molar-refractivity contribution in [2.45, 2.75) is 19.4 Å². The summed E-state index contributed by atoms with van der Waals surface area (Å²) in [6.07, 6.45) is 2.54. The molecule has 0 aromatic rings. The van der Waals surface area contributed by atoms with Gasteiger partial charge in [0, 0.05) is 5.88 Å². The second kappa shape index (κ2) is 4.98.